The van der Waals surface area contributed by atoms with Crippen molar-refractivity contribution in [2.75, 3.05) is 51.3 Å². The van der Waals surface area contributed by atoms with Crippen LogP contribution in [0.25, 0.3) is 27.6 Å². The number of halogens is 2. The number of hydrogen-bond acceptors (Lipinski definition) is 7. The summed E-state index contributed by atoms with van der Waals surface area (Å²) in [7, 11) is 1.45. The molecular formula is C36H38F2N6O5. The number of aromatic amines is 1. The standard InChI is InChI=1S/C36H38F2N6O5/c1-5-22-13-20(2)39-18-28(22)26-15-25(23-7-6-8-44(19-23)34(45)21(3)36(47)48)31(38)32-27(26)16-29(41-32)35(46)43-11-9-42(10-12-43)33-30(49-4)14-24(37)17-40-33/h7,13-18,21,41H,5-6,8-12,19H2,1-4H3,(H,47,48). The number of rotatable bonds is 8. The molecule has 13 heteroatoms. The van der Waals surface area contributed by atoms with Gasteiger partial charge in [0.2, 0.25) is 5.91 Å². The number of pyridine rings is 2. The second kappa shape index (κ2) is 13.7. The molecule has 1 fully saturated rings. The molecule has 0 radical (unpaired) electrons. The molecule has 4 aromatic rings. The fourth-order valence-corrected chi connectivity index (χ4v) is 6.58. The quantitative estimate of drug-likeness (QED) is 0.248. The highest BCUT2D eigenvalue weighted by atomic mass is 19.1. The predicted molar refractivity (Wildman–Crippen MR) is 180 cm³/mol. The number of amides is 2. The number of fused-ring (bicyclic) bond motifs is 1. The lowest BCUT2D eigenvalue weighted by atomic mass is 9.91. The fourth-order valence-electron chi connectivity index (χ4n) is 6.58. The van der Waals surface area contributed by atoms with Gasteiger partial charge in [-0.2, -0.15) is 0 Å². The third-order valence-electron chi connectivity index (χ3n) is 9.32. The number of nitrogens with zero attached hydrogens (tertiary/aromatic N) is 5. The summed E-state index contributed by atoms with van der Waals surface area (Å²) < 4.78 is 35.6. The first-order valence-corrected chi connectivity index (χ1v) is 16.3. The molecule has 3 aromatic heterocycles. The van der Waals surface area contributed by atoms with Crippen LogP contribution in [0, 0.1) is 24.5 Å². The summed E-state index contributed by atoms with van der Waals surface area (Å²) in [6.45, 7) is 7.23. The van der Waals surface area contributed by atoms with Crippen molar-refractivity contribution in [3.05, 3.63) is 76.9 Å². The Morgan fingerprint density at radius 1 is 0.980 bits per heavy atom. The van der Waals surface area contributed by atoms with E-state index in [9.17, 15) is 23.9 Å². The summed E-state index contributed by atoms with van der Waals surface area (Å²) in [4.78, 5) is 55.2. The van der Waals surface area contributed by atoms with Crippen LogP contribution in [0.2, 0.25) is 0 Å². The minimum absolute atomic E-state index is 0.0512. The van der Waals surface area contributed by atoms with Gasteiger partial charge in [-0.1, -0.05) is 13.0 Å². The lowest BCUT2D eigenvalue weighted by molar-refractivity contribution is -0.150. The highest BCUT2D eigenvalue weighted by Crippen LogP contribution is 2.38. The number of H-pyrrole nitrogens is 1. The van der Waals surface area contributed by atoms with Gasteiger partial charge in [0.25, 0.3) is 5.91 Å². The van der Waals surface area contributed by atoms with Crippen LogP contribution in [0.3, 0.4) is 0 Å². The number of methoxy groups -OCH3 is 1. The van der Waals surface area contributed by atoms with Crippen LogP contribution >= 0.6 is 0 Å². The Morgan fingerprint density at radius 2 is 1.73 bits per heavy atom. The molecule has 2 aliphatic heterocycles. The van der Waals surface area contributed by atoms with Crippen LogP contribution in [0.1, 0.15) is 47.6 Å². The average Bonchev–Trinajstić information content (AvgIpc) is 3.57. The molecule has 256 valence electrons. The maximum atomic E-state index is 16.6. The lowest BCUT2D eigenvalue weighted by Crippen LogP contribution is -2.49. The molecule has 5 heterocycles. The molecule has 0 saturated carbocycles. The van der Waals surface area contributed by atoms with Gasteiger partial charge in [-0.3, -0.25) is 19.4 Å². The molecule has 49 heavy (non-hydrogen) atoms. The van der Waals surface area contributed by atoms with Crippen molar-refractivity contribution in [1.82, 2.24) is 24.8 Å². The van der Waals surface area contributed by atoms with E-state index < -0.39 is 29.4 Å². The number of nitrogens with one attached hydrogen (secondary N) is 1. The largest absolute Gasteiger partial charge is 0.493 e. The molecule has 2 aliphatic rings. The minimum atomic E-state index is -1.22. The van der Waals surface area contributed by atoms with E-state index in [1.165, 1.54) is 25.0 Å². The fraction of sp³-hybridized carbons (Fsp3) is 0.361. The van der Waals surface area contributed by atoms with E-state index in [1.54, 1.807) is 23.2 Å². The molecule has 0 bridgehead atoms. The highest BCUT2D eigenvalue weighted by molar-refractivity contribution is 6.05. The first-order valence-electron chi connectivity index (χ1n) is 16.3. The molecule has 1 saturated heterocycles. The normalized spacial score (nSPS) is 15.7. The third kappa shape index (κ3) is 6.44. The van der Waals surface area contributed by atoms with Crippen molar-refractivity contribution in [3.63, 3.8) is 0 Å². The third-order valence-corrected chi connectivity index (χ3v) is 9.32. The molecule has 1 unspecified atom stereocenters. The van der Waals surface area contributed by atoms with Gasteiger partial charge in [0.1, 0.15) is 17.4 Å². The van der Waals surface area contributed by atoms with E-state index >= 15 is 4.39 Å². The molecule has 1 atom stereocenters. The number of carboxylic acid groups (broad SMARTS) is 1. The van der Waals surface area contributed by atoms with Crippen LogP contribution < -0.4 is 9.64 Å². The van der Waals surface area contributed by atoms with E-state index in [-0.39, 0.29) is 29.2 Å². The van der Waals surface area contributed by atoms with Gasteiger partial charge in [-0.15, -0.1) is 0 Å². The smallest absolute Gasteiger partial charge is 0.315 e. The van der Waals surface area contributed by atoms with Gasteiger partial charge < -0.3 is 29.5 Å². The van der Waals surface area contributed by atoms with E-state index in [0.717, 1.165) is 23.0 Å². The molecule has 0 spiro atoms. The lowest BCUT2D eigenvalue weighted by Gasteiger charge is -2.35. The van der Waals surface area contributed by atoms with E-state index in [0.29, 0.717) is 73.7 Å². The van der Waals surface area contributed by atoms with E-state index in [2.05, 4.69) is 15.0 Å². The van der Waals surface area contributed by atoms with Crippen LogP contribution in [-0.2, 0) is 16.0 Å². The van der Waals surface area contributed by atoms with Gasteiger partial charge >= 0.3 is 5.97 Å². The van der Waals surface area contributed by atoms with Gasteiger partial charge in [0.05, 0.1) is 18.8 Å². The number of carboxylic acids is 1. The van der Waals surface area contributed by atoms with Gasteiger partial charge in [-0.05, 0) is 61.6 Å². The Balaban J connectivity index is 1.36. The molecule has 0 aliphatic carbocycles. The summed E-state index contributed by atoms with van der Waals surface area (Å²) in [6.07, 6.45) is 5.89. The van der Waals surface area contributed by atoms with Gasteiger partial charge in [0, 0.05) is 73.7 Å². The minimum Gasteiger partial charge on any atom is -0.493 e. The molecule has 2 amide bonds. The Bertz CT molecular complexity index is 1980. The van der Waals surface area contributed by atoms with Crippen LogP contribution in [0.4, 0.5) is 14.6 Å². The number of piperazine rings is 1. The Hall–Kier alpha value is -5.33. The second-order valence-corrected chi connectivity index (χ2v) is 12.4. The van der Waals surface area contributed by atoms with Crippen molar-refractivity contribution < 1.29 is 33.0 Å². The number of carbonyl (C=O) groups is 3. The molecule has 11 nitrogen and oxygen atoms in total. The Morgan fingerprint density at radius 3 is 2.43 bits per heavy atom. The van der Waals surface area contributed by atoms with Crippen molar-refractivity contribution in [2.45, 2.75) is 33.6 Å². The number of anilines is 1. The van der Waals surface area contributed by atoms with Gasteiger partial charge in [-0.25, -0.2) is 13.8 Å². The number of carbonyl (C=O) groups excluding carboxylic acids is 2. The van der Waals surface area contributed by atoms with Crippen LogP contribution in [0.15, 0.2) is 42.7 Å². The number of benzene rings is 1. The highest BCUT2D eigenvalue weighted by Gasteiger charge is 2.31. The molecule has 6 rings (SSSR count). The molecule has 1 aromatic carbocycles. The predicted octanol–water partition coefficient (Wildman–Crippen LogP) is 5.08. The average molecular weight is 673 g/mol. The zero-order chi connectivity index (χ0) is 35.0. The van der Waals surface area contributed by atoms with E-state index in [1.807, 2.05) is 30.9 Å². The zero-order valence-electron chi connectivity index (χ0n) is 27.8. The van der Waals surface area contributed by atoms with Crippen molar-refractivity contribution >= 4 is 40.1 Å². The summed E-state index contributed by atoms with van der Waals surface area (Å²) in [5.41, 5.74) is 4.53. The monoisotopic (exact) mass is 672 g/mol. The van der Waals surface area contributed by atoms with Crippen molar-refractivity contribution in [1.29, 1.82) is 0 Å². The second-order valence-electron chi connectivity index (χ2n) is 12.4. The number of aromatic nitrogens is 3. The van der Waals surface area contributed by atoms with Crippen molar-refractivity contribution in [3.8, 4) is 16.9 Å². The Kier molecular flexibility index (Phi) is 9.35. The summed E-state index contributed by atoms with van der Waals surface area (Å²) >= 11 is 0. The maximum absolute atomic E-state index is 16.6. The maximum Gasteiger partial charge on any atom is 0.315 e. The first-order chi connectivity index (χ1) is 23.5. The van der Waals surface area contributed by atoms with Gasteiger partial charge in [0.15, 0.2) is 17.4 Å². The molecule has 2 N–H and O–H groups in total. The SMILES string of the molecule is CCc1cc(C)ncc1-c1cc(C2=CCCN(C(=O)C(C)C(=O)O)C2)c(F)c2[nH]c(C(=O)N3CCN(c4ncc(F)cc4OC)CC3)cc12. The topological polar surface area (TPSA) is 132 Å². The first kappa shape index (κ1) is 33.6. The summed E-state index contributed by atoms with van der Waals surface area (Å²) in [5, 5.41) is 9.93. The number of aryl methyl sites for hydroxylation is 2. The number of aliphatic carboxylic acids is 1. The van der Waals surface area contributed by atoms with E-state index in [4.69, 9.17) is 4.74 Å². The molecular weight excluding hydrogens is 634 g/mol. The van der Waals surface area contributed by atoms with Crippen LogP contribution in [0.5, 0.6) is 5.75 Å². The zero-order valence-corrected chi connectivity index (χ0v) is 27.8. The Labute approximate surface area is 282 Å². The van der Waals surface area contributed by atoms with Crippen molar-refractivity contribution in [2.24, 2.45) is 5.92 Å². The summed E-state index contributed by atoms with van der Waals surface area (Å²) in [6, 6.07) is 6.68. The van der Waals surface area contributed by atoms with Crippen LogP contribution in [-0.4, -0.2) is 94.0 Å². The number of ether oxygens (including phenoxy) is 1. The summed E-state index contributed by atoms with van der Waals surface area (Å²) in [5.74, 6) is -3.53. The number of hydrogen-bond donors (Lipinski definition) is 2.